The van der Waals surface area contributed by atoms with E-state index in [1.165, 1.54) is 17.2 Å². The number of rotatable bonds is 7. The number of aromatic nitrogens is 4. The zero-order valence-electron chi connectivity index (χ0n) is 13.2. The van der Waals surface area contributed by atoms with Gasteiger partial charge in [-0.05, 0) is 6.42 Å². The van der Waals surface area contributed by atoms with E-state index in [2.05, 4.69) is 20.3 Å². The lowest BCUT2D eigenvalue weighted by molar-refractivity contribution is -0.137. The molecular formula is C14H19N5O6. The van der Waals surface area contributed by atoms with Crippen LogP contribution in [0.1, 0.15) is 19.1 Å². The Kier molecular flexibility index (Phi) is 5.08. The maximum absolute atomic E-state index is 10.5. The number of carboxylic acid groups (broad SMARTS) is 1. The van der Waals surface area contributed by atoms with Gasteiger partial charge in [0.05, 0.1) is 12.9 Å². The van der Waals surface area contributed by atoms with E-state index in [0.717, 1.165) is 0 Å². The third-order valence-electron chi connectivity index (χ3n) is 4.01. The summed E-state index contributed by atoms with van der Waals surface area (Å²) in [7, 11) is 0. The van der Waals surface area contributed by atoms with Crippen LogP contribution in [0, 0.1) is 0 Å². The van der Waals surface area contributed by atoms with Crippen molar-refractivity contribution in [3.8, 4) is 0 Å². The number of fused-ring (bicyclic) bond motifs is 1. The minimum atomic E-state index is -1.24. The molecule has 1 saturated heterocycles. The summed E-state index contributed by atoms with van der Waals surface area (Å²) in [4.78, 5) is 23.0. The molecule has 0 amide bonds. The Bertz CT molecular complexity index is 752. The van der Waals surface area contributed by atoms with Crippen molar-refractivity contribution in [3.63, 3.8) is 0 Å². The number of hydrogen-bond donors (Lipinski definition) is 5. The molecule has 5 N–H and O–H groups in total. The first-order valence-corrected chi connectivity index (χ1v) is 7.78. The van der Waals surface area contributed by atoms with Crippen LogP contribution in [-0.2, 0) is 9.53 Å². The highest BCUT2D eigenvalue weighted by atomic mass is 16.6. The number of ether oxygens (including phenoxy) is 1. The van der Waals surface area contributed by atoms with Gasteiger partial charge < -0.3 is 30.5 Å². The molecule has 0 saturated carbocycles. The van der Waals surface area contributed by atoms with Crippen LogP contribution >= 0.6 is 0 Å². The zero-order valence-corrected chi connectivity index (χ0v) is 13.2. The molecule has 3 rings (SSSR count). The number of nitrogens with one attached hydrogen (secondary N) is 1. The Balaban J connectivity index is 1.80. The summed E-state index contributed by atoms with van der Waals surface area (Å²) in [5.41, 5.74) is 0.807. The smallest absolute Gasteiger partial charge is 0.303 e. The summed E-state index contributed by atoms with van der Waals surface area (Å²) in [6.45, 7) is -0.0220. The van der Waals surface area contributed by atoms with E-state index >= 15 is 0 Å². The summed E-state index contributed by atoms with van der Waals surface area (Å²) < 4.78 is 6.94. The van der Waals surface area contributed by atoms with Crippen molar-refractivity contribution >= 4 is 23.0 Å². The lowest BCUT2D eigenvalue weighted by atomic mass is 10.1. The van der Waals surface area contributed by atoms with Crippen LogP contribution in [-0.4, -0.2) is 77.4 Å². The number of carboxylic acids is 1. The van der Waals surface area contributed by atoms with Gasteiger partial charge in [0.2, 0.25) is 0 Å². The molecule has 2 aromatic rings. The Morgan fingerprint density at radius 1 is 1.28 bits per heavy atom. The summed E-state index contributed by atoms with van der Waals surface area (Å²) in [6, 6.07) is 0. The van der Waals surface area contributed by atoms with Crippen molar-refractivity contribution in [2.24, 2.45) is 0 Å². The molecule has 1 aliphatic heterocycles. The average Bonchev–Trinajstić information content (AvgIpc) is 3.14. The number of aliphatic hydroxyl groups excluding tert-OH is 3. The van der Waals surface area contributed by atoms with Gasteiger partial charge in [0.1, 0.15) is 24.6 Å². The van der Waals surface area contributed by atoms with Gasteiger partial charge in [-0.2, -0.15) is 0 Å². The van der Waals surface area contributed by atoms with Crippen LogP contribution in [0.4, 0.5) is 5.82 Å². The molecule has 0 spiro atoms. The molecule has 3 heterocycles. The predicted molar refractivity (Wildman–Crippen MR) is 83.7 cm³/mol. The first-order valence-electron chi connectivity index (χ1n) is 7.78. The molecule has 2 aromatic heterocycles. The minimum Gasteiger partial charge on any atom is -0.481 e. The molecular weight excluding hydrogens is 334 g/mol. The average molecular weight is 353 g/mol. The van der Waals surface area contributed by atoms with E-state index < -0.39 is 37.1 Å². The van der Waals surface area contributed by atoms with E-state index in [4.69, 9.17) is 9.84 Å². The number of nitrogens with zero attached hydrogens (tertiary/aromatic N) is 4. The van der Waals surface area contributed by atoms with Crippen LogP contribution in [0.5, 0.6) is 0 Å². The largest absolute Gasteiger partial charge is 0.481 e. The van der Waals surface area contributed by atoms with Gasteiger partial charge in [-0.25, -0.2) is 15.0 Å². The maximum Gasteiger partial charge on any atom is 0.303 e. The number of aliphatic hydroxyl groups is 3. The van der Waals surface area contributed by atoms with Crippen molar-refractivity contribution < 1.29 is 30.0 Å². The highest BCUT2D eigenvalue weighted by Gasteiger charge is 2.44. The number of imidazole rings is 1. The second kappa shape index (κ2) is 7.27. The SMILES string of the molecule is O=C(O)CCCNc1ncnc2c1ncn2[C@H]1O[C@@H](CO)[C@@H](O)[C@H]1O. The number of aliphatic carboxylic acids is 1. The van der Waals surface area contributed by atoms with Gasteiger partial charge in [0, 0.05) is 13.0 Å². The third-order valence-corrected chi connectivity index (χ3v) is 4.01. The number of hydrogen-bond acceptors (Lipinski definition) is 9. The lowest BCUT2D eigenvalue weighted by Gasteiger charge is -2.16. The van der Waals surface area contributed by atoms with Crippen LogP contribution in [0.2, 0.25) is 0 Å². The molecule has 136 valence electrons. The summed E-state index contributed by atoms with van der Waals surface area (Å²) in [5.74, 6) is -0.441. The number of carbonyl (C=O) groups is 1. The molecule has 11 heteroatoms. The molecule has 1 aliphatic rings. The first kappa shape index (κ1) is 17.5. The third kappa shape index (κ3) is 3.39. The predicted octanol–water partition coefficient (Wildman–Crippen LogP) is -1.29. The van der Waals surface area contributed by atoms with E-state index in [9.17, 15) is 20.1 Å². The second-order valence-electron chi connectivity index (χ2n) is 5.70. The fraction of sp³-hybridized carbons (Fsp3) is 0.571. The fourth-order valence-corrected chi connectivity index (χ4v) is 2.72. The lowest BCUT2D eigenvalue weighted by Crippen LogP contribution is -2.33. The fourth-order valence-electron chi connectivity index (χ4n) is 2.72. The van der Waals surface area contributed by atoms with Crippen molar-refractivity contribution in [2.45, 2.75) is 37.4 Å². The Morgan fingerprint density at radius 2 is 2.08 bits per heavy atom. The van der Waals surface area contributed by atoms with Crippen LogP contribution < -0.4 is 5.32 Å². The standard InChI is InChI=1S/C14H19N5O6/c20-4-7-10(23)11(24)14(25-7)19-6-18-9-12(16-5-17-13(9)19)15-3-1-2-8(21)22/h5-7,10-11,14,20,23-24H,1-4H2,(H,21,22)(H,15,16,17)/t7-,10+,11+,14-/m0/s1. The molecule has 11 nitrogen and oxygen atoms in total. The second-order valence-corrected chi connectivity index (χ2v) is 5.70. The van der Waals surface area contributed by atoms with Crippen LogP contribution in [0.15, 0.2) is 12.7 Å². The normalized spacial score (nSPS) is 26.2. The Morgan fingerprint density at radius 3 is 2.76 bits per heavy atom. The van der Waals surface area contributed by atoms with Crippen molar-refractivity contribution in [1.29, 1.82) is 0 Å². The first-order chi connectivity index (χ1) is 12.0. The Labute approximate surface area is 141 Å². The van der Waals surface area contributed by atoms with Crippen molar-refractivity contribution in [2.75, 3.05) is 18.5 Å². The van der Waals surface area contributed by atoms with Gasteiger partial charge in [0.25, 0.3) is 0 Å². The van der Waals surface area contributed by atoms with Gasteiger partial charge in [-0.15, -0.1) is 0 Å². The van der Waals surface area contributed by atoms with E-state index in [1.54, 1.807) is 0 Å². The molecule has 0 aromatic carbocycles. The highest BCUT2D eigenvalue weighted by Crippen LogP contribution is 2.31. The van der Waals surface area contributed by atoms with Gasteiger partial charge in [-0.3, -0.25) is 9.36 Å². The quantitative estimate of drug-likeness (QED) is 0.379. The summed E-state index contributed by atoms with van der Waals surface area (Å²) in [6.07, 6.45) is -1.11. The van der Waals surface area contributed by atoms with E-state index in [0.29, 0.717) is 29.9 Å². The van der Waals surface area contributed by atoms with Gasteiger partial charge >= 0.3 is 5.97 Å². The molecule has 0 unspecified atom stereocenters. The minimum absolute atomic E-state index is 0.0399. The van der Waals surface area contributed by atoms with Crippen molar-refractivity contribution in [3.05, 3.63) is 12.7 Å². The van der Waals surface area contributed by atoms with Gasteiger partial charge in [0.15, 0.2) is 23.2 Å². The molecule has 1 fully saturated rings. The molecule has 25 heavy (non-hydrogen) atoms. The molecule has 4 atom stereocenters. The molecule has 0 radical (unpaired) electrons. The zero-order chi connectivity index (χ0) is 18.0. The number of anilines is 1. The summed E-state index contributed by atoms with van der Waals surface area (Å²) >= 11 is 0. The van der Waals surface area contributed by atoms with Gasteiger partial charge in [-0.1, -0.05) is 0 Å². The maximum atomic E-state index is 10.5. The topological polar surface area (TPSA) is 163 Å². The monoisotopic (exact) mass is 353 g/mol. The van der Waals surface area contributed by atoms with E-state index in [1.807, 2.05) is 0 Å². The molecule has 0 bridgehead atoms. The van der Waals surface area contributed by atoms with E-state index in [-0.39, 0.29) is 6.42 Å². The Hall–Kier alpha value is -2.34. The van der Waals surface area contributed by atoms with Crippen LogP contribution in [0.25, 0.3) is 11.2 Å². The molecule has 0 aliphatic carbocycles. The summed E-state index contributed by atoms with van der Waals surface area (Å²) in [5, 5.41) is 40.9. The van der Waals surface area contributed by atoms with Crippen molar-refractivity contribution in [1.82, 2.24) is 19.5 Å². The highest BCUT2D eigenvalue weighted by molar-refractivity contribution is 5.82. The van der Waals surface area contributed by atoms with Crippen LogP contribution in [0.3, 0.4) is 0 Å².